The fraction of sp³-hybridized carbons (Fsp3) is 0.304. The number of likely N-dealkylation sites (N-methyl/N-ethyl adjacent to an activating group) is 1. The zero-order chi connectivity index (χ0) is 24.7. The van der Waals surface area contributed by atoms with E-state index in [2.05, 4.69) is 9.97 Å². The minimum atomic E-state index is -0.762. The van der Waals surface area contributed by atoms with Gasteiger partial charge in [-0.25, -0.2) is 14.2 Å². The molecule has 0 aliphatic carbocycles. The van der Waals surface area contributed by atoms with Crippen molar-refractivity contribution in [3.05, 3.63) is 54.1 Å². The summed E-state index contributed by atoms with van der Waals surface area (Å²) in [6.45, 7) is 1.94. The predicted octanol–water partition coefficient (Wildman–Crippen LogP) is 2.72. The lowest BCUT2D eigenvalue weighted by molar-refractivity contribution is 0.0707. The molecule has 35 heavy (non-hydrogen) atoms. The molecule has 3 heterocycles. The monoisotopic (exact) mass is 498 g/mol. The molecule has 0 radical (unpaired) electrons. The Balaban J connectivity index is 1.23. The molecule has 2 aromatic carbocycles. The zero-order valence-corrected chi connectivity index (χ0v) is 19.7. The Hall–Kier alpha value is -3.93. The molecule has 12 heteroatoms. The first-order valence-electron chi connectivity index (χ1n) is 11.0. The number of nitrogens with one attached hydrogen (secondary N) is 1. The second kappa shape index (κ2) is 9.02. The maximum atomic E-state index is 15.1. The predicted molar refractivity (Wildman–Crippen MR) is 131 cm³/mol. The molecule has 2 aliphatic heterocycles. The number of anilines is 2. The molecule has 0 bridgehead atoms. The highest BCUT2D eigenvalue weighted by atomic mass is 32.1. The van der Waals surface area contributed by atoms with Gasteiger partial charge in [0.1, 0.15) is 5.82 Å². The summed E-state index contributed by atoms with van der Waals surface area (Å²) < 4.78 is 20.3. The van der Waals surface area contributed by atoms with Gasteiger partial charge in [-0.1, -0.05) is 0 Å². The molecule has 3 aromatic rings. The number of imidazole rings is 1. The van der Waals surface area contributed by atoms with Crippen molar-refractivity contribution in [1.29, 1.82) is 0 Å². The fourth-order valence-electron chi connectivity index (χ4n) is 4.30. The van der Waals surface area contributed by atoms with E-state index in [9.17, 15) is 14.7 Å². The van der Waals surface area contributed by atoms with Gasteiger partial charge in [0.25, 0.3) is 11.1 Å². The number of halogens is 1. The number of nitrogens with zero attached hydrogens (tertiary/aromatic N) is 5. The smallest absolute Gasteiger partial charge is 0.416 e. The number of fused-ring (bicyclic) bond motifs is 1. The van der Waals surface area contributed by atoms with E-state index >= 15 is 4.39 Å². The van der Waals surface area contributed by atoms with Crippen LogP contribution in [0.2, 0.25) is 0 Å². The van der Waals surface area contributed by atoms with Crippen molar-refractivity contribution in [2.45, 2.75) is 6.23 Å². The van der Waals surface area contributed by atoms with Crippen LogP contribution >= 0.6 is 12.2 Å². The lowest BCUT2D eigenvalue weighted by Gasteiger charge is -2.36. The van der Waals surface area contributed by atoms with Crippen LogP contribution in [0.4, 0.5) is 20.6 Å². The molecule has 5 rings (SSSR count). The van der Waals surface area contributed by atoms with Gasteiger partial charge in [0.15, 0.2) is 6.23 Å². The number of aliphatic hydroxyl groups excluding tert-OH is 1. The average Bonchev–Trinajstić information content (AvgIpc) is 3.49. The van der Waals surface area contributed by atoms with Crippen LogP contribution in [-0.4, -0.2) is 88.0 Å². The molecule has 2 saturated heterocycles. The van der Waals surface area contributed by atoms with Crippen molar-refractivity contribution in [3.63, 3.8) is 0 Å². The lowest BCUT2D eigenvalue weighted by Crippen LogP contribution is -2.49. The number of aliphatic hydroxyl groups is 1. The third kappa shape index (κ3) is 4.32. The van der Waals surface area contributed by atoms with Crippen LogP contribution in [0.15, 0.2) is 42.7 Å². The first-order valence-corrected chi connectivity index (χ1v) is 11.4. The molecule has 1 unspecified atom stereocenters. The second-order valence-electron chi connectivity index (χ2n) is 8.39. The largest absolute Gasteiger partial charge is 0.486 e. The van der Waals surface area contributed by atoms with Crippen LogP contribution in [0.3, 0.4) is 0 Å². The number of benzene rings is 2. The summed E-state index contributed by atoms with van der Waals surface area (Å²) in [6.07, 6.45) is 0.179. The molecule has 2 N–H and O–H groups in total. The highest BCUT2D eigenvalue weighted by Crippen LogP contribution is 2.29. The number of thiocarbonyl (C=S) groups is 1. The van der Waals surface area contributed by atoms with E-state index in [4.69, 9.17) is 17.0 Å². The van der Waals surface area contributed by atoms with Crippen LogP contribution in [0.25, 0.3) is 11.0 Å². The first kappa shape index (κ1) is 22.8. The van der Waals surface area contributed by atoms with Crippen LogP contribution in [0.1, 0.15) is 10.4 Å². The van der Waals surface area contributed by atoms with Crippen LogP contribution in [-0.2, 0) is 4.74 Å². The summed E-state index contributed by atoms with van der Waals surface area (Å²) in [6, 6.07) is 9.92. The molecule has 1 atom stereocenters. The number of carbonyl (C=O) groups excluding carboxylic acids is 2. The van der Waals surface area contributed by atoms with E-state index in [1.165, 1.54) is 22.9 Å². The average molecular weight is 499 g/mol. The van der Waals surface area contributed by atoms with E-state index in [0.29, 0.717) is 43.1 Å². The molecular formula is C23H23FN6O4S. The number of carbonyl (C=O) groups is 2. The Labute approximate surface area is 205 Å². The molecule has 10 nitrogen and oxygen atoms in total. The van der Waals surface area contributed by atoms with Crippen molar-refractivity contribution in [2.75, 3.05) is 49.6 Å². The second-order valence-corrected chi connectivity index (χ2v) is 8.76. The summed E-state index contributed by atoms with van der Waals surface area (Å²) in [5.74, 6) is -0.562. The van der Waals surface area contributed by atoms with E-state index in [1.54, 1.807) is 35.5 Å². The van der Waals surface area contributed by atoms with Gasteiger partial charge in [-0.15, -0.1) is 0 Å². The Morgan fingerprint density at radius 3 is 2.71 bits per heavy atom. The number of aromatic nitrogens is 2. The molecule has 182 valence electrons. The molecule has 2 amide bonds. The van der Waals surface area contributed by atoms with Crippen molar-refractivity contribution in [3.8, 4) is 0 Å². The minimum Gasteiger partial charge on any atom is -0.486 e. The minimum absolute atomic E-state index is 0.0835. The van der Waals surface area contributed by atoms with Gasteiger partial charge in [0.2, 0.25) is 0 Å². The topological polar surface area (TPSA) is 105 Å². The van der Waals surface area contributed by atoms with Crippen molar-refractivity contribution < 1.29 is 23.8 Å². The van der Waals surface area contributed by atoms with Gasteiger partial charge in [-0.2, -0.15) is 0 Å². The van der Waals surface area contributed by atoms with Gasteiger partial charge in [-0.05, 0) is 48.6 Å². The van der Waals surface area contributed by atoms with Crippen molar-refractivity contribution in [2.24, 2.45) is 0 Å². The standard InChI is InChI=1S/C23H23FN6O4S/c1-27(23(33)35)20-12-30(22(32)34-20)15-3-5-19(16(24)11-15)28-6-8-29(9-7-28)21(31)14-2-4-17-18(10-14)26-13-25-17/h2-5,10-11,13,20H,6-9,12H2,1H3,(H,25,26)(H,33,35). The van der Waals surface area contributed by atoms with Gasteiger partial charge in [-0.3, -0.25) is 14.6 Å². The van der Waals surface area contributed by atoms with Crippen LogP contribution in [0, 0.1) is 5.82 Å². The van der Waals surface area contributed by atoms with Crippen LogP contribution < -0.4 is 9.80 Å². The van der Waals surface area contributed by atoms with Gasteiger partial charge < -0.3 is 24.6 Å². The number of amides is 2. The van der Waals surface area contributed by atoms with Crippen LogP contribution in [0.5, 0.6) is 0 Å². The van der Waals surface area contributed by atoms with E-state index < -0.39 is 23.3 Å². The number of cyclic esters (lactones) is 1. The highest BCUT2D eigenvalue weighted by molar-refractivity contribution is 7.79. The zero-order valence-electron chi connectivity index (χ0n) is 18.8. The third-order valence-corrected chi connectivity index (χ3v) is 6.64. The maximum Gasteiger partial charge on any atom is 0.416 e. The number of piperazine rings is 1. The van der Waals surface area contributed by atoms with E-state index in [0.717, 1.165) is 11.0 Å². The SMILES string of the molecule is CN(C(O)=S)C1CN(c2ccc(N3CCN(C(=O)c4ccc5[nH]cnc5c4)CC3)c(F)c2)C(=O)O1. The quantitative estimate of drug-likeness (QED) is 0.529. The van der Waals surface area contributed by atoms with Gasteiger partial charge in [0, 0.05) is 38.8 Å². The maximum absolute atomic E-state index is 15.1. The number of hydrogen-bond acceptors (Lipinski definition) is 6. The Kier molecular flexibility index (Phi) is 5.89. The summed E-state index contributed by atoms with van der Waals surface area (Å²) in [5.41, 5.74) is 2.91. The number of H-pyrrole nitrogens is 1. The third-order valence-electron chi connectivity index (χ3n) is 6.35. The summed E-state index contributed by atoms with van der Waals surface area (Å²) in [7, 11) is 1.51. The molecule has 2 aliphatic rings. The van der Waals surface area contributed by atoms with E-state index in [1.807, 2.05) is 11.0 Å². The normalized spacial score (nSPS) is 18.2. The first-order chi connectivity index (χ1) is 16.8. The molecular weight excluding hydrogens is 475 g/mol. The Morgan fingerprint density at radius 2 is 2.00 bits per heavy atom. The number of ether oxygens (including phenoxy) is 1. The Bertz CT molecular complexity index is 1310. The number of aromatic amines is 1. The summed E-state index contributed by atoms with van der Waals surface area (Å²) >= 11 is 4.70. The fourth-order valence-corrected chi connectivity index (χ4v) is 4.42. The molecule has 1 aromatic heterocycles. The highest BCUT2D eigenvalue weighted by Gasteiger charge is 2.36. The number of rotatable bonds is 4. The lowest BCUT2D eigenvalue weighted by atomic mass is 10.1. The van der Waals surface area contributed by atoms with E-state index in [-0.39, 0.29) is 12.5 Å². The molecule has 0 spiro atoms. The van der Waals surface area contributed by atoms with Crippen molar-refractivity contribution in [1.82, 2.24) is 19.8 Å². The Morgan fingerprint density at radius 1 is 1.23 bits per heavy atom. The summed E-state index contributed by atoms with van der Waals surface area (Å²) in [5, 5.41) is 9.06. The van der Waals surface area contributed by atoms with Crippen molar-refractivity contribution >= 4 is 51.8 Å². The molecule has 0 saturated carbocycles. The van der Waals surface area contributed by atoms with Gasteiger partial charge in [0.05, 0.1) is 35.3 Å². The van der Waals surface area contributed by atoms with Gasteiger partial charge >= 0.3 is 6.09 Å². The summed E-state index contributed by atoms with van der Waals surface area (Å²) in [4.78, 5) is 38.6. The molecule has 2 fully saturated rings. The number of hydrogen-bond donors (Lipinski definition) is 2.